The largest absolute Gasteiger partial charge is 0.495 e. The van der Waals surface area contributed by atoms with Gasteiger partial charge >= 0.3 is 11.8 Å². The fraction of sp³-hybridized carbons (Fsp3) is 0.387. The van der Waals surface area contributed by atoms with Gasteiger partial charge < -0.3 is 14.4 Å². The van der Waals surface area contributed by atoms with Gasteiger partial charge in [-0.2, -0.15) is 5.10 Å². The molecule has 0 fully saturated rings. The molecule has 234 valence electrons. The average molecular weight is 625 g/mol. The van der Waals surface area contributed by atoms with E-state index in [1.165, 1.54) is 28.6 Å². The lowest BCUT2D eigenvalue weighted by molar-refractivity contribution is 0.0159. The normalized spacial score (nSPS) is 16.4. The second-order valence-corrected chi connectivity index (χ2v) is 14.2. The van der Waals surface area contributed by atoms with E-state index in [1.807, 2.05) is 6.92 Å². The van der Waals surface area contributed by atoms with Crippen LogP contribution < -0.4 is 10.4 Å². The third-order valence-electron chi connectivity index (χ3n) is 7.59. The number of amides is 1. The van der Waals surface area contributed by atoms with Gasteiger partial charge in [-0.3, -0.25) is 9.13 Å². The number of nitrogens with zero attached hydrogens (tertiary/aromatic N) is 5. The molecule has 1 N–H and O–H groups in total. The number of benzene rings is 2. The summed E-state index contributed by atoms with van der Waals surface area (Å²) in [4.78, 5) is 29.2. The predicted molar refractivity (Wildman–Crippen MR) is 165 cm³/mol. The molecule has 2 atom stereocenters. The van der Waals surface area contributed by atoms with Crippen molar-refractivity contribution in [2.75, 3.05) is 19.9 Å². The van der Waals surface area contributed by atoms with Gasteiger partial charge in [-0.25, -0.2) is 27.6 Å². The molecular formula is C31H37FN6O5S. The van der Waals surface area contributed by atoms with Crippen molar-refractivity contribution < 1.29 is 22.9 Å². The number of carbonyl (C=O) groups is 1. The molecule has 0 bridgehead atoms. The first-order valence-corrected chi connectivity index (χ1v) is 16.1. The summed E-state index contributed by atoms with van der Waals surface area (Å²) < 4.78 is 50.6. The molecule has 2 aromatic carbocycles. The van der Waals surface area contributed by atoms with Crippen molar-refractivity contribution in [1.82, 2.24) is 23.8 Å². The molecule has 2 aromatic heterocycles. The number of nitrogens with one attached hydrogen (secondary N) is 1. The first-order valence-electron chi connectivity index (χ1n) is 14.1. The summed E-state index contributed by atoms with van der Waals surface area (Å²) in [5, 5.41) is 4.89. The highest BCUT2D eigenvalue weighted by Gasteiger charge is 2.37. The molecule has 0 radical (unpaired) electrons. The topological polar surface area (TPSA) is 124 Å². The number of hydrogen-bond acceptors (Lipinski definition) is 7. The van der Waals surface area contributed by atoms with Gasteiger partial charge in [0.25, 0.3) is 0 Å². The van der Waals surface area contributed by atoms with E-state index in [1.54, 1.807) is 80.9 Å². The van der Waals surface area contributed by atoms with E-state index in [2.05, 4.69) is 0 Å². The van der Waals surface area contributed by atoms with E-state index < -0.39 is 33.2 Å². The van der Waals surface area contributed by atoms with Crippen LogP contribution in [-0.2, 0) is 20.9 Å². The summed E-state index contributed by atoms with van der Waals surface area (Å²) in [6.45, 7) is 11.0. The second-order valence-electron chi connectivity index (χ2n) is 12.1. The molecular weight excluding hydrogens is 587 g/mol. The average Bonchev–Trinajstić information content (AvgIpc) is 3.50. The zero-order valence-corrected chi connectivity index (χ0v) is 26.9. The number of halogens is 1. The van der Waals surface area contributed by atoms with Crippen molar-refractivity contribution in [2.45, 2.75) is 64.5 Å². The molecule has 11 nitrogen and oxygen atoms in total. The minimum absolute atomic E-state index is 0.224. The van der Waals surface area contributed by atoms with Crippen LogP contribution in [0.5, 0.6) is 5.75 Å². The Morgan fingerprint density at radius 1 is 1.09 bits per heavy atom. The fourth-order valence-corrected chi connectivity index (χ4v) is 6.40. The summed E-state index contributed by atoms with van der Waals surface area (Å²) in [6, 6.07) is 7.54. The van der Waals surface area contributed by atoms with Crippen LogP contribution in [0, 0.1) is 24.4 Å². The lowest BCUT2D eigenvalue weighted by Crippen LogP contribution is -2.42. The highest BCUT2D eigenvalue weighted by Crippen LogP contribution is 2.36. The molecule has 0 aliphatic carbocycles. The van der Waals surface area contributed by atoms with E-state index >= 15 is 0 Å². The minimum atomic E-state index is -3.07. The van der Waals surface area contributed by atoms with Gasteiger partial charge in [0.15, 0.2) is 0 Å². The molecule has 0 saturated heterocycles. The third kappa shape index (κ3) is 5.51. The zero-order valence-electron chi connectivity index (χ0n) is 26.1. The number of aryl methyl sites for hydroxylation is 2. The number of carbonyl (C=O) groups excluding carboxylic acids is 1. The number of ether oxygens (including phenoxy) is 2. The number of hydrogen-bond donors (Lipinski definition) is 1. The second kappa shape index (κ2) is 11.0. The number of aromatic nitrogens is 4. The molecule has 1 amide bonds. The lowest BCUT2D eigenvalue weighted by Gasteiger charge is -2.34. The molecule has 3 heterocycles. The lowest BCUT2D eigenvalue weighted by atomic mass is 10.00. The molecule has 1 unspecified atom stereocenters. The highest BCUT2D eigenvalue weighted by atomic mass is 32.2. The van der Waals surface area contributed by atoms with E-state index in [9.17, 15) is 18.2 Å². The van der Waals surface area contributed by atoms with Crippen LogP contribution >= 0.6 is 0 Å². The van der Waals surface area contributed by atoms with Crippen molar-refractivity contribution >= 4 is 15.8 Å². The Kier molecular flexibility index (Phi) is 7.73. The van der Waals surface area contributed by atoms with Crippen molar-refractivity contribution in [3.05, 3.63) is 81.4 Å². The number of imidazole rings is 1. The summed E-state index contributed by atoms with van der Waals surface area (Å²) in [5.41, 5.74) is 2.13. The van der Waals surface area contributed by atoms with Crippen molar-refractivity contribution in [3.63, 3.8) is 0 Å². The number of fused-ring (bicyclic) bond motifs is 1. The van der Waals surface area contributed by atoms with Gasteiger partial charge in [-0.15, -0.1) is 0 Å². The third-order valence-corrected chi connectivity index (χ3v) is 8.77. The molecule has 4 aromatic rings. The Morgan fingerprint density at radius 3 is 2.32 bits per heavy atom. The van der Waals surface area contributed by atoms with Crippen LogP contribution in [0.25, 0.3) is 17.2 Å². The van der Waals surface area contributed by atoms with Crippen molar-refractivity contribution in [1.29, 1.82) is 4.78 Å². The molecule has 1 aliphatic heterocycles. The van der Waals surface area contributed by atoms with Crippen LogP contribution in [0.4, 0.5) is 9.18 Å². The quantitative estimate of drug-likeness (QED) is 0.314. The van der Waals surface area contributed by atoms with Gasteiger partial charge in [0.2, 0.25) is 0 Å². The SMILES string of the molecule is COc1cc(-n2ccn(-c3c4c(nn3-c3cc(C)c(F)c(C)c3)CCN(C(=O)OC(C)(C)C)[C@H]4C)c2=O)ccc1S(C)(=N)=O. The molecule has 5 rings (SSSR count). The fourth-order valence-electron chi connectivity index (χ4n) is 5.54. The highest BCUT2D eigenvalue weighted by molar-refractivity contribution is 7.91. The smallest absolute Gasteiger partial charge is 0.410 e. The van der Waals surface area contributed by atoms with E-state index in [4.69, 9.17) is 19.4 Å². The van der Waals surface area contributed by atoms with Gasteiger partial charge in [-0.1, -0.05) is 0 Å². The first kappa shape index (κ1) is 31.0. The standard InChI is InChI=1S/C31H37FN6O5S/c1-18-15-22(16-19(2)27(18)32)38-28(26-20(3)35(12-11-23(26)34-38)30(40)43-31(4,5)6)37-14-13-36(29(37)39)21-9-10-25(44(8,33)41)24(17-21)42-7/h9-10,13-17,20,33H,11-12H2,1-8H3/t20-,44?/m0/s1. The monoisotopic (exact) mass is 624 g/mol. The Bertz CT molecular complexity index is 1930. The van der Waals surface area contributed by atoms with E-state index in [0.717, 1.165) is 0 Å². The summed E-state index contributed by atoms with van der Waals surface area (Å²) >= 11 is 0. The maximum absolute atomic E-state index is 14.6. The number of methoxy groups -OCH3 is 1. The molecule has 1 aliphatic rings. The Labute approximate surface area is 255 Å². The maximum Gasteiger partial charge on any atom is 0.410 e. The van der Waals surface area contributed by atoms with Crippen LogP contribution in [0.1, 0.15) is 56.1 Å². The van der Waals surface area contributed by atoms with Gasteiger partial charge in [0, 0.05) is 43.2 Å². The van der Waals surface area contributed by atoms with Gasteiger partial charge in [0.05, 0.1) is 44.8 Å². The van der Waals surface area contributed by atoms with Crippen LogP contribution in [0.3, 0.4) is 0 Å². The maximum atomic E-state index is 14.6. The Hall–Kier alpha value is -4.39. The van der Waals surface area contributed by atoms with Crippen LogP contribution in [0.2, 0.25) is 0 Å². The van der Waals surface area contributed by atoms with Crippen LogP contribution in [0.15, 0.2) is 52.4 Å². The van der Waals surface area contributed by atoms with E-state index in [0.29, 0.717) is 52.5 Å². The zero-order chi connectivity index (χ0) is 32.3. The van der Waals surface area contributed by atoms with Crippen molar-refractivity contribution in [3.8, 4) is 22.9 Å². The van der Waals surface area contributed by atoms with E-state index in [-0.39, 0.29) is 16.5 Å². The summed E-state index contributed by atoms with van der Waals surface area (Å²) in [5.74, 6) is 0.327. The van der Waals surface area contributed by atoms with Crippen molar-refractivity contribution in [2.24, 2.45) is 0 Å². The van der Waals surface area contributed by atoms with Crippen LogP contribution in [-0.4, -0.2) is 59.6 Å². The first-order chi connectivity index (χ1) is 20.5. The summed E-state index contributed by atoms with van der Waals surface area (Å²) in [6.07, 6.45) is 4.45. The minimum Gasteiger partial charge on any atom is -0.495 e. The Balaban J connectivity index is 1.71. The molecule has 0 spiro atoms. The predicted octanol–water partition coefficient (Wildman–Crippen LogP) is 5.47. The number of rotatable bonds is 5. The van der Waals surface area contributed by atoms with Gasteiger partial charge in [-0.05, 0) is 76.9 Å². The Morgan fingerprint density at radius 2 is 1.73 bits per heavy atom. The summed E-state index contributed by atoms with van der Waals surface area (Å²) in [7, 11) is -1.66. The molecule has 44 heavy (non-hydrogen) atoms. The molecule has 13 heteroatoms. The molecule has 0 saturated carbocycles. The van der Waals surface area contributed by atoms with Gasteiger partial charge in [0.1, 0.15) is 23.0 Å².